The van der Waals surface area contributed by atoms with Gasteiger partial charge in [0.25, 0.3) is 0 Å². The Kier molecular flexibility index (Phi) is 10.2. The second kappa shape index (κ2) is 13.2. The minimum absolute atomic E-state index is 0.836. The summed E-state index contributed by atoms with van der Waals surface area (Å²) in [7, 11) is 0. The Bertz CT molecular complexity index is 812. The monoisotopic (exact) mass is 442 g/mol. The number of thiophene rings is 2. The molecule has 0 saturated carbocycles. The van der Waals surface area contributed by atoms with Crippen LogP contribution in [0.2, 0.25) is 0 Å². The highest BCUT2D eigenvalue weighted by atomic mass is 32.1. The molecule has 0 spiro atoms. The van der Waals surface area contributed by atoms with Crippen LogP contribution in [-0.4, -0.2) is 6.61 Å². The van der Waals surface area contributed by atoms with E-state index in [1.165, 1.54) is 90.5 Å². The summed E-state index contributed by atoms with van der Waals surface area (Å²) in [5.41, 5.74) is 1.30. The Morgan fingerprint density at radius 1 is 0.667 bits per heavy atom. The molecule has 0 N–H and O–H groups in total. The maximum atomic E-state index is 5.94. The SMILES string of the molecule is CCCCCCCCCOc1ccc(-c2cc3sc(CCCCCC)cc3s2)cc1. The van der Waals surface area contributed by atoms with Gasteiger partial charge in [0, 0.05) is 19.2 Å². The van der Waals surface area contributed by atoms with Crippen LogP contribution in [0.4, 0.5) is 0 Å². The van der Waals surface area contributed by atoms with Crippen molar-refractivity contribution in [2.45, 2.75) is 90.9 Å². The highest BCUT2D eigenvalue weighted by Crippen LogP contribution is 2.39. The molecule has 3 heteroatoms. The minimum Gasteiger partial charge on any atom is -0.494 e. The van der Waals surface area contributed by atoms with Crippen molar-refractivity contribution in [1.29, 1.82) is 0 Å². The van der Waals surface area contributed by atoms with Gasteiger partial charge in [-0.15, -0.1) is 22.7 Å². The number of unbranched alkanes of at least 4 members (excludes halogenated alkanes) is 9. The maximum Gasteiger partial charge on any atom is 0.119 e. The van der Waals surface area contributed by atoms with Gasteiger partial charge in [0.15, 0.2) is 0 Å². The molecule has 0 amide bonds. The first-order chi connectivity index (χ1) is 14.8. The van der Waals surface area contributed by atoms with Crippen molar-refractivity contribution in [2.75, 3.05) is 6.61 Å². The Morgan fingerprint density at radius 2 is 1.30 bits per heavy atom. The number of benzene rings is 1. The third kappa shape index (κ3) is 7.42. The van der Waals surface area contributed by atoms with Crippen molar-refractivity contribution in [3.05, 3.63) is 41.3 Å². The van der Waals surface area contributed by atoms with E-state index in [0.29, 0.717) is 0 Å². The van der Waals surface area contributed by atoms with Crippen LogP contribution >= 0.6 is 22.7 Å². The van der Waals surface area contributed by atoms with Crippen LogP contribution in [-0.2, 0) is 6.42 Å². The summed E-state index contributed by atoms with van der Waals surface area (Å²) in [6.45, 7) is 5.38. The number of hydrogen-bond donors (Lipinski definition) is 0. The zero-order chi connectivity index (χ0) is 21.0. The normalized spacial score (nSPS) is 11.4. The summed E-state index contributed by atoms with van der Waals surface area (Å²) >= 11 is 3.90. The van der Waals surface area contributed by atoms with Crippen LogP contribution in [0.15, 0.2) is 36.4 Å². The minimum atomic E-state index is 0.836. The molecule has 0 radical (unpaired) electrons. The lowest BCUT2D eigenvalue weighted by molar-refractivity contribution is 0.304. The standard InChI is InChI=1S/C27H38OS2/c1-3-5-7-9-10-11-13-19-28-23-17-15-22(16-18-23)25-21-27-26(30-25)20-24(29-27)14-12-8-6-4-2/h15-18,20-21H,3-14,19H2,1-2H3. The molecular formula is C27H38OS2. The molecule has 0 saturated heterocycles. The van der Waals surface area contributed by atoms with E-state index in [2.05, 4.69) is 50.2 Å². The zero-order valence-corrected chi connectivity index (χ0v) is 20.5. The van der Waals surface area contributed by atoms with Gasteiger partial charge in [-0.25, -0.2) is 0 Å². The lowest BCUT2D eigenvalue weighted by Gasteiger charge is -2.07. The molecule has 1 nitrogen and oxygen atoms in total. The molecule has 0 fully saturated rings. The highest BCUT2D eigenvalue weighted by molar-refractivity contribution is 7.29. The molecule has 30 heavy (non-hydrogen) atoms. The molecule has 0 aliphatic rings. The van der Waals surface area contributed by atoms with Crippen molar-refractivity contribution < 1.29 is 4.74 Å². The first-order valence-electron chi connectivity index (χ1n) is 12.1. The summed E-state index contributed by atoms with van der Waals surface area (Å²) in [6, 6.07) is 13.5. The first-order valence-corrected chi connectivity index (χ1v) is 13.7. The van der Waals surface area contributed by atoms with Crippen molar-refractivity contribution in [3.63, 3.8) is 0 Å². The van der Waals surface area contributed by atoms with Gasteiger partial charge in [0.2, 0.25) is 0 Å². The topological polar surface area (TPSA) is 9.23 Å². The van der Waals surface area contributed by atoms with Crippen LogP contribution < -0.4 is 4.74 Å². The number of rotatable bonds is 15. The highest BCUT2D eigenvalue weighted by Gasteiger charge is 2.09. The van der Waals surface area contributed by atoms with Gasteiger partial charge < -0.3 is 4.74 Å². The average Bonchev–Trinajstić information content (AvgIpc) is 3.32. The summed E-state index contributed by atoms with van der Waals surface area (Å²) in [5, 5.41) is 0. The molecule has 3 aromatic rings. The summed E-state index contributed by atoms with van der Waals surface area (Å²) < 4.78 is 8.83. The van der Waals surface area contributed by atoms with E-state index in [1.54, 1.807) is 4.88 Å². The van der Waals surface area contributed by atoms with Gasteiger partial charge in [-0.05, 0) is 61.2 Å². The van der Waals surface area contributed by atoms with E-state index in [4.69, 9.17) is 4.74 Å². The van der Waals surface area contributed by atoms with Gasteiger partial charge >= 0.3 is 0 Å². The van der Waals surface area contributed by atoms with E-state index in [0.717, 1.165) is 18.8 Å². The Labute approximate surface area is 191 Å². The molecule has 0 bridgehead atoms. The van der Waals surface area contributed by atoms with E-state index >= 15 is 0 Å². The number of hydrogen-bond acceptors (Lipinski definition) is 3. The Balaban J connectivity index is 1.43. The molecule has 1 aromatic carbocycles. The molecule has 2 aromatic heterocycles. The second-order valence-corrected chi connectivity index (χ2v) is 10.6. The molecule has 2 heterocycles. The van der Waals surface area contributed by atoms with Crippen molar-refractivity contribution in [1.82, 2.24) is 0 Å². The van der Waals surface area contributed by atoms with Crippen molar-refractivity contribution in [3.8, 4) is 16.2 Å². The Morgan fingerprint density at radius 3 is 2.00 bits per heavy atom. The first kappa shape index (κ1) is 23.3. The van der Waals surface area contributed by atoms with E-state index in [-0.39, 0.29) is 0 Å². The lowest BCUT2D eigenvalue weighted by atomic mass is 10.1. The largest absolute Gasteiger partial charge is 0.494 e. The molecule has 0 atom stereocenters. The number of ether oxygens (including phenoxy) is 1. The second-order valence-electron chi connectivity index (χ2n) is 8.36. The molecule has 3 rings (SSSR count). The predicted octanol–water partition coefficient (Wildman–Crippen LogP) is 9.88. The number of aryl methyl sites for hydroxylation is 1. The van der Waals surface area contributed by atoms with Crippen LogP contribution in [0.5, 0.6) is 5.75 Å². The van der Waals surface area contributed by atoms with Gasteiger partial charge in [-0.3, -0.25) is 0 Å². The van der Waals surface area contributed by atoms with Crippen molar-refractivity contribution in [2.24, 2.45) is 0 Å². The van der Waals surface area contributed by atoms with Gasteiger partial charge in [-0.1, -0.05) is 71.6 Å². The van der Waals surface area contributed by atoms with Gasteiger partial charge in [-0.2, -0.15) is 0 Å². The lowest BCUT2D eigenvalue weighted by Crippen LogP contribution is -1.97. The Hall–Kier alpha value is -1.32. The van der Waals surface area contributed by atoms with Crippen molar-refractivity contribution >= 4 is 32.1 Å². The van der Waals surface area contributed by atoms with Crippen LogP contribution in [0.1, 0.15) is 89.4 Å². The molecule has 0 aliphatic carbocycles. The van der Waals surface area contributed by atoms with E-state index in [9.17, 15) is 0 Å². The third-order valence-corrected chi connectivity index (χ3v) is 8.09. The predicted molar refractivity (Wildman–Crippen MR) is 136 cm³/mol. The molecule has 0 aliphatic heterocycles. The van der Waals surface area contributed by atoms with Gasteiger partial charge in [0.1, 0.15) is 5.75 Å². The fraction of sp³-hybridized carbons (Fsp3) is 0.556. The number of fused-ring (bicyclic) bond motifs is 1. The molecule has 164 valence electrons. The van der Waals surface area contributed by atoms with E-state index < -0.39 is 0 Å². The third-order valence-electron chi connectivity index (χ3n) is 5.69. The maximum absolute atomic E-state index is 5.94. The van der Waals surface area contributed by atoms with Crippen LogP contribution in [0.25, 0.3) is 19.8 Å². The van der Waals surface area contributed by atoms with E-state index in [1.807, 2.05) is 22.7 Å². The summed E-state index contributed by atoms with van der Waals surface area (Å²) in [6.07, 6.45) is 15.9. The molecule has 0 unspecified atom stereocenters. The zero-order valence-electron chi connectivity index (χ0n) is 18.9. The van der Waals surface area contributed by atoms with Crippen LogP contribution in [0.3, 0.4) is 0 Å². The quantitative estimate of drug-likeness (QED) is 0.213. The fourth-order valence-electron chi connectivity index (χ4n) is 3.84. The fourth-order valence-corrected chi connectivity index (χ4v) is 6.31. The van der Waals surface area contributed by atoms with Gasteiger partial charge in [0.05, 0.1) is 6.61 Å². The smallest absolute Gasteiger partial charge is 0.119 e. The van der Waals surface area contributed by atoms with Crippen LogP contribution in [0, 0.1) is 0 Å². The average molecular weight is 443 g/mol. The summed E-state index contributed by atoms with van der Waals surface area (Å²) in [5.74, 6) is 0.998. The summed E-state index contributed by atoms with van der Waals surface area (Å²) in [4.78, 5) is 2.92. The molecular weight excluding hydrogens is 404 g/mol.